The summed E-state index contributed by atoms with van der Waals surface area (Å²) in [7, 11) is 0. The number of carbonyl (C=O) groups excluding carboxylic acids is 1. The van der Waals surface area contributed by atoms with Crippen LogP contribution in [-0.2, 0) is 38.0 Å². The number of hydrogen-bond donors (Lipinski definition) is 0. The lowest BCUT2D eigenvalue weighted by Gasteiger charge is -2.69. The second-order valence-corrected chi connectivity index (χ2v) is 14.7. The highest BCUT2D eigenvalue weighted by atomic mass is 16.6. The molecular formula is C29H44O8. The van der Waals surface area contributed by atoms with E-state index in [1.165, 1.54) is 0 Å². The van der Waals surface area contributed by atoms with Crippen LogP contribution < -0.4 is 0 Å². The smallest absolute Gasteiger partial charge is 0.333 e. The van der Waals surface area contributed by atoms with Crippen LogP contribution in [0.4, 0.5) is 0 Å². The molecule has 37 heavy (non-hydrogen) atoms. The lowest BCUT2D eigenvalue weighted by atomic mass is 9.48. The van der Waals surface area contributed by atoms with Crippen molar-refractivity contribution in [2.75, 3.05) is 59.5 Å². The summed E-state index contributed by atoms with van der Waals surface area (Å²) in [5.41, 5.74) is -1.73. The van der Waals surface area contributed by atoms with Crippen molar-refractivity contribution in [3.63, 3.8) is 0 Å². The van der Waals surface area contributed by atoms with Gasteiger partial charge in [0.15, 0.2) is 0 Å². The first kappa shape index (κ1) is 26.2. The van der Waals surface area contributed by atoms with Crippen LogP contribution in [0.5, 0.6) is 0 Å². The van der Waals surface area contributed by atoms with Crippen molar-refractivity contribution in [3.05, 3.63) is 12.2 Å². The average Bonchev–Trinajstić information content (AvgIpc) is 2.75. The fourth-order valence-corrected chi connectivity index (χ4v) is 7.71. The average molecular weight is 521 g/mol. The van der Waals surface area contributed by atoms with Crippen LogP contribution in [0.15, 0.2) is 12.2 Å². The first-order chi connectivity index (χ1) is 17.3. The van der Waals surface area contributed by atoms with E-state index in [0.717, 1.165) is 19.3 Å². The summed E-state index contributed by atoms with van der Waals surface area (Å²) >= 11 is 0. The Hall–Kier alpha value is -1.03. The molecule has 0 aromatic rings. The summed E-state index contributed by atoms with van der Waals surface area (Å²) < 4.78 is 43.6. The summed E-state index contributed by atoms with van der Waals surface area (Å²) in [6.07, 6.45) is 4.33. The lowest BCUT2D eigenvalue weighted by molar-refractivity contribution is -0.344. The van der Waals surface area contributed by atoms with Gasteiger partial charge in [0.2, 0.25) is 0 Å². The molecule has 3 heterocycles. The highest BCUT2D eigenvalue weighted by molar-refractivity contribution is 5.87. The Balaban J connectivity index is 1.33. The molecule has 0 radical (unpaired) electrons. The maximum Gasteiger partial charge on any atom is 0.333 e. The third-order valence-corrected chi connectivity index (χ3v) is 9.41. The predicted molar refractivity (Wildman–Crippen MR) is 134 cm³/mol. The van der Waals surface area contributed by atoms with E-state index in [2.05, 4.69) is 27.4 Å². The Bertz CT molecular complexity index is 840. The fourth-order valence-electron chi connectivity index (χ4n) is 7.71. The minimum absolute atomic E-state index is 0.0143. The lowest BCUT2D eigenvalue weighted by Crippen LogP contribution is -2.75. The number of rotatable bonds is 11. The minimum atomic E-state index is -0.712. The van der Waals surface area contributed by atoms with Crippen molar-refractivity contribution in [2.45, 2.75) is 88.6 Å². The van der Waals surface area contributed by atoms with E-state index in [4.69, 9.17) is 33.2 Å². The number of ether oxygens (including phenoxy) is 7. The van der Waals surface area contributed by atoms with Crippen molar-refractivity contribution in [2.24, 2.45) is 16.2 Å². The molecule has 0 amide bonds. The van der Waals surface area contributed by atoms with Gasteiger partial charge in [-0.3, -0.25) is 0 Å². The van der Waals surface area contributed by atoms with Crippen molar-refractivity contribution in [3.8, 4) is 0 Å². The monoisotopic (exact) mass is 520 g/mol. The molecular weight excluding hydrogens is 476 g/mol. The third-order valence-electron chi connectivity index (χ3n) is 9.41. The Kier molecular flexibility index (Phi) is 6.01. The van der Waals surface area contributed by atoms with Gasteiger partial charge in [0, 0.05) is 60.3 Å². The second-order valence-electron chi connectivity index (χ2n) is 14.7. The zero-order chi connectivity index (χ0) is 26.2. The van der Waals surface area contributed by atoms with Gasteiger partial charge in [0.25, 0.3) is 0 Å². The van der Waals surface area contributed by atoms with Gasteiger partial charge >= 0.3 is 5.97 Å². The Labute approximate surface area is 220 Å². The molecule has 4 aliphatic carbocycles. The molecule has 0 aromatic carbocycles. The second kappa shape index (κ2) is 8.48. The van der Waals surface area contributed by atoms with Gasteiger partial charge in [0.1, 0.15) is 5.60 Å². The molecule has 0 unspecified atom stereocenters. The minimum Gasteiger partial charge on any atom is -0.455 e. The fraction of sp³-hybridized carbons (Fsp3) is 0.897. The van der Waals surface area contributed by atoms with Gasteiger partial charge in [-0.2, -0.15) is 0 Å². The summed E-state index contributed by atoms with van der Waals surface area (Å²) in [6.45, 7) is 18.3. The van der Waals surface area contributed by atoms with Gasteiger partial charge in [-0.1, -0.05) is 27.4 Å². The van der Waals surface area contributed by atoms with Gasteiger partial charge < -0.3 is 33.2 Å². The molecule has 4 bridgehead atoms. The SMILES string of the molecule is C=C(C)C(=O)OC12CC3(OCC4(C)COC4)CC(OCC4(C)COC4)(CC(OCC4(C)COC4)(C3)C1)C2. The van der Waals surface area contributed by atoms with E-state index >= 15 is 0 Å². The predicted octanol–water partition coefficient (Wildman–Crippen LogP) is 3.60. The molecule has 8 heteroatoms. The van der Waals surface area contributed by atoms with E-state index in [0.29, 0.717) is 84.3 Å². The molecule has 0 N–H and O–H groups in total. The highest BCUT2D eigenvalue weighted by Gasteiger charge is 2.72. The quantitative estimate of drug-likeness (QED) is 0.302. The molecule has 3 aliphatic heterocycles. The van der Waals surface area contributed by atoms with E-state index in [1.54, 1.807) is 6.92 Å². The molecule has 7 rings (SSSR count). The summed E-state index contributed by atoms with van der Waals surface area (Å²) in [4.78, 5) is 13.0. The molecule has 8 nitrogen and oxygen atoms in total. The maximum absolute atomic E-state index is 13.0. The van der Waals surface area contributed by atoms with Crippen molar-refractivity contribution >= 4 is 5.97 Å². The van der Waals surface area contributed by atoms with Crippen LogP contribution in [0.1, 0.15) is 66.2 Å². The van der Waals surface area contributed by atoms with Gasteiger partial charge in [-0.25, -0.2) is 4.79 Å². The Morgan fingerprint density at radius 2 is 0.919 bits per heavy atom. The van der Waals surface area contributed by atoms with Gasteiger partial charge in [-0.15, -0.1) is 0 Å². The van der Waals surface area contributed by atoms with E-state index in [1.807, 2.05) is 0 Å². The van der Waals surface area contributed by atoms with E-state index < -0.39 is 22.4 Å². The molecule has 3 saturated heterocycles. The molecule has 0 aromatic heterocycles. The first-order valence-corrected chi connectivity index (χ1v) is 13.9. The zero-order valence-electron chi connectivity index (χ0n) is 23.1. The number of hydrogen-bond acceptors (Lipinski definition) is 8. The van der Waals surface area contributed by atoms with Crippen molar-refractivity contribution < 1.29 is 38.0 Å². The number of carbonyl (C=O) groups is 1. The van der Waals surface area contributed by atoms with Crippen molar-refractivity contribution in [1.29, 1.82) is 0 Å². The van der Waals surface area contributed by atoms with Crippen LogP contribution in [0.25, 0.3) is 0 Å². The summed E-state index contributed by atoms with van der Waals surface area (Å²) in [5.74, 6) is -0.347. The van der Waals surface area contributed by atoms with Crippen LogP contribution >= 0.6 is 0 Å². The van der Waals surface area contributed by atoms with Gasteiger partial charge in [0.05, 0.1) is 76.3 Å². The summed E-state index contributed by atoms with van der Waals surface area (Å²) in [5, 5.41) is 0. The molecule has 7 fully saturated rings. The Morgan fingerprint density at radius 1 is 0.622 bits per heavy atom. The molecule has 4 saturated carbocycles. The number of esters is 1. The van der Waals surface area contributed by atoms with Crippen LogP contribution in [0, 0.1) is 16.2 Å². The molecule has 208 valence electrons. The first-order valence-electron chi connectivity index (χ1n) is 13.9. The summed E-state index contributed by atoms with van der Waals surface area (Å²) in [6, 6.07) is 0. The van der Waals surface area contributed by atoms with Crippen LogP contribution in [0.3, 0.4) is 0 Å². The highest BCUT2D eigenvalue weighted by Crippen LogP contribution is 2.66. The van der Waals surface area contributed by atoms with Crippen molar-refractivity contribution in [1.82, 2.24) is 0 Å². The normalized spacial score (nSPS) is 41.8. The van der Waals surface area contributed by atoms with E-state index in [-0.39, 0.29) is 22.2 Å². The zero-order valence-corrected chi connectivity index (χ0v) is 23.1. The van der Waals surface area contributed by atoms with E-state index in [9.17, 15) is 4.79 Å². The maximum atomic E-state index is 13.0. The van der Waals surface area contributed by atoms with Crippen LogP contribution in [0.2, 0.25) is 0 Å². The Morgan fingerprint density at radius 3 is 1.16 bits per heavy atom. The third kappa shape index (κ3) is 4.80. The molecule has 0 atom stereocenters. The molecule has 0 spiro atoms. The molecule has 7 aliphatic rings. The topological polar surface area (TPSA) is 81.7 Å². The largest absolute Gasteiger partial charge is 0.455 e. The standard InChI is InChI=1S/C29H44O8/c1-21(2)22(30)37-29-9-26(34-18-23(3)12-31-13-23)6-27(10-29,35-19-24(4)14-32-15-24)8-28(7-26,11-29)36-20-25(5)16-33-17-25/h1,6-20H2,2-5H3. The van der Waals surface area contributed by atoms with Gasteiger partial charge in [-0.05, 0) is 6.92 Å². The van der Waals surface area contributed by atoms with Crippen LogP contribution in [-0.4, -0.2) is 87.8 Å².